The van der Waals surface area contributed by atoms with Crippen LogP contribution in [0.15, 0.2) is 22.6 Å². The Hall–Kier alpha value is -1.99. The van der Waals surface area contributed by atoms with Crippen molar-refractivity contribution in [1.82, 2.24) is 14.9 Å². The third-order valence-corrected chi connectivity index (χ3v) is 6.22. The average molecular weight is 374 g/mol. The minimum Gasteiger partial charge on any atom is -0.455 e. The standard InChI is InChI=1S/C19H23FN4OS/c1-11-4-3-5-12(2)24(11)10-14-8-15-17(21)22-18(23-19(15)26-14)16-7-6-13(9-20)25-16/h6-8,11-12H,3-5,9-10H2,1-2H3,(H2,21,22,23)/t11-,12?/m1/s1. The molecule has 0 bridgehead atoms. The summed E-state index contributed by atoms with van der Waals surface area (Å²) < 4.78 is 18.1. The fourth-order valence-electron chi connectivity index (χ4n) is 3.72. The van der Waals surface area contributed by atoms with Crippen LogP contribution in [0, 0.1) is 0 Å². The summed E-state index contributed by atoms with van der Waals surface area (Å²) in [4.78, 5) is 13.6. The van der Waals surface area contributed by atoms with E-state index in [4.69, 9.17) is 10.2 Å². The number of alkyl halides is 1. The van der Waals surface area contributed by atoms with Crippen molar-refractivity contribution < 1.29 is 8.81 Å². The number of aromatic nitrogens is 2. The van der Waals surface area contributed by atoms with E-state index in [1.165, 1.54) is 24.1 Å². The highest BCUT2D eigenvalue weighted by molar-refractivity contribution is 7.18. The second-order valence-electron chi connectivity index (χ2n) is 7.06. The summed E-state index contributed by atoms with van der Waals surface area (Å²) in [6.07, 6.45) is 3.80. The lowest BCUT2D eigenvalue weighted by Gasteiger charge is -2.38. The lowest BCUT2D eigenvalue weighted by molar-refractivity contribution is 0.0965. The maximum absolute atomic E-state index is 12.7. The van der Waals surface area contributed by atoms with E-state index < -0.39 is 6.67 Å². The van der Waals surface area contributed by atoms with Gasteiger partial charge in [0.15, 0.2) is 11.6 Å². The molecule has 7 heteroatoms. The van der Waals surface area contributed by atoms with Gasteiger partial charge in [-0.05, 0) is 44.9 Å². The topological polar surface area (TPSA) is 68.2 Å². The summed E-state index contributed by atoms with van der Waals surface area (Å²) in [7, 11) is 0. The number of halogens is 1. The van der Waals surface area contributed by atoms with E-state index in [1.807, 2.05) is 0 Å². The molecule has 0 amide bonds. The minimum absolute atomic E-state index is 0.266. The van der Waals surface area contributed by atoms with Crippen molar-refractivity contribution in [3.63, 3.8) is 0 Å². The molecule has 0 saturated carbocycles. The predicted molar refractivity (Wildman–Crippen MR) is 103 cm³/mol. The molecule has 3 aromatic rings. The summed E-state index contributed by atoms with van der Waals surface area (Å²) in [6.45, 7) is 4.86. The zero-order valence-corrected chi connectivity index (χ0v) is 15.9. The van der Waals surface area contributed by atoms with Gasteiger partial charge in [-0.2, -0.15) is 0 Å². The molecule has 0 aromatic carbocycles. The van der Waals surface area contributed by atoms with Crippen LogP contribution in [0.5, 0.6) is 0 Å². The molecule has 4 rings (SSSR count). The van der Waals surface area contributed by atoms with Gasteiger partial charge in [-0.25, -0.2) is 14.4 Å². The van der Waals surface area contributed by atoms with Gasteiger partial charge in [0, 0.05) is 23.5 Å². The summed E-state index contributed by atoms with van der Waals surface area (Å²) in [5.41, 5.74) is 6.16. The number of piperidine rings is 1. The SMILES string of the molecule is CC1CCC[C@@H](C)N1Cc1cc2c(N)nc(-c3ccc(CF)o3)nc2s1. The largest absolute Gasteiger partial charge is 0.455 e. The second-order valence-corrected chi connectivity index (χ2v) is 8.18. The lowest BCUT2D eigenvalue weighted by Crippen LogP contribution is -2.42. The molecule has 0 radical (unpaired) electrons. The molecule has 1 aliphatic heterocycles. The zero-order valence-electron chi connectivity index (χ0n) is 15.0. The average Bonchev–Trinajstić information content (AvgIpc) is 3.25. The van der Waals surface area contributed by atoms with Gasteiger partial charge in [-0.1, -0.05) is 6.42 Å². The van der Waals surface area contributed by atoms with Crippen molar-refractivity contribution in [3.05, 3.63) is 28.8 Å². The molecule has 0 aliphatic carbocycles. The molecule has 26 heavy (non-hydrogen) atoms. The van der Waals surface area contributed by atoms with Gasteiger partial charge in [-0.3, -0.25) is 4.90 Å². The van der Waals surface area contributed by atoms with Crippen LogP contribution < -0.4 is 5.73 Å². The third-order valence-electron chi connectivity index (χ3n) is 5.20. The van der Waals surface area contributed by atoms with Crippen LogP contribution in [0.2, 0.25) is 0 Å². The summed E-state index contributed by atoms with van der Waals surface area (Å²) in [6, 6.07) is 6.55. The Balaban J connectivity index is 1.65. The van der Waals surface area contributed by atoms with Crippen molar-refractivity contribution in [3.8, 4) is 11.6 Å². The molecule has 4 heterocycles. The van der Waals surface area contributed by atoms with Gasteiger partial charge >= 0.3 is 0 Å². The molecular formula is C19H23FN4OS. The first-order valence-corrected chi connectivity index (χ1v) is 9.83. The molecule has 138 valence electrons. The van der Waals surface area contributed by atoms with Crippen LogP contribution >= 0.6 is 11.3 Å². The summed E-state index contributed by atoms with van der Waals surface area (Å²) in [5, 5.41) is 0.878. The number of hydrogen-bond donors (Lipinski definition) is 1. The number of nitrogens with two attached hydrogens (primary N) is 1. The normalized spacial score (nSPS) is 21.5. The molecule has 1 saturated heterocycles. The Labute approximate surface area is 156 Å². The molecule has 1 aliphatic rings. The van der Waals surface area contributed by atoms with Gasteiger partial charge in [-0.15, -0.1) is 11.3 Å². The summed E-state index contributed by atoms with van der Waals surface area (Å²) >= 11 is 1.64. The number of thiophene rings is 1. The Bertz CT molecular complexity index is 912. The van der Waals surface area contributed by atoms with E-state index >= 15 is 0 Å². The predicted octanol–water partition coefficient (Wildman–Crippen LogP) is 4.77. The first kappa shape index (κ1) is 17.4. The number of nitrogen functional groups attached to an aromatic ring is 1. The smallest absolute Gasteiger partial charge is 0.199 e. The molecule has 2 atom stereocenters. The Morgan fingerprint density at radius 2 is 2.04 bits per heavy atom. The number of rotatable bonds is 4. The van der Waals surface area contributed by atoms with Crippen molar-refractivity contribution in [2.24, 2.45) is 0 Å². The molecule has 2 N–H and O–H groups in total. The number of furan rings is 1. The molecule has 1 unspecified atom stereocenters. The van der Waals surface area contributed by atoms with Crippen LogP contribution in [0.4, 0.5) is 10.2 Å². The van der Waals surface area contributed by atoms with Gasteiger partial charge in [0.25, 0.3) is 0 Å². The highest BCUT2D eigenvalue weighted by Crippen LogP contribution is 2.33. The monoisotopic (exact) mass is 374 g/mol. The van der Waals surface area contributed by atoms with Crippen molar-refractivity contribution in [1.29, 1.82) is 0 Å². The van der Waals surface area contributed by atoms with Crippen molar-refractivity contribution in [2.75, 3.05) is 5.73 Å². The fourth-order valence-corrected chi connectivity index (χ4v) is 4.76. The Morgan fingerprint density at radius 1 is 1.27 bits per heavy atom. The van der Waals surface area contributed by atoms with Crippen LogP contribution in [0.25, 0.3) is 21.8 Å². The van der Waals surface area contributed by atoms with E-state index in [0.717, 1.165) is 16.8 Å². The van der Waals surface area contributed by atoms with Crippen molar-refractivity contribution in [2.45, 2.75) is 58.4 Å². The third kappa shape index (κ3) is 3.21. The Morgan fingerprint density at radius 3 is 2.73 bits per heavy atom. The van der Waals surface area contributed by atoms with Crippen LogP contribution in [0.3, 0.4) is 0 Å². The van der Waals surface area contributed by atoms with Gasteiger partial charge in [0.1, 0.15) is 23.1 Å². The fraction of sp³-hybridized carbons (Fsp3) is 0.474. The van der Waals surface area contributed by atoms with Crippen molar-refractivity contribution >= 4 is 27.4 Å². The maximum Gasteiger partial charge on any atom is 0.199 e. The number of fused-ring (bicyclic) bond motifs is 1. The summed E-state index contributed by atoms with van der Waals surface area (Å²) in [5.74, 6) is 1.55. The molecule has 5 nitrogen and oxygen atoms in total. The van der Waals surface area contributed by atoms with E-state index in [9.17, 15) is 4.39 Å². The van der Waals surface area contributed by atoms with E-state index in [-0.39, 0.29) is 5.76 Å². The number of likely N-dealkylation sites (tertiary alicyclic amines) is 1. The molecule has 0 spiro atoms. The van der Waals surface area contributed by atoms with E-state index in [2.05, 4.69) is 34.8 Å². The molecule has 3 aromatic heterocycles. The zero-order chi connectivity index (χ0) is 18.3. The number of hydrogen-bond acceptors (Lipinski definition) is 6. The molecule has 1 fully saturated rings. The van der Waals surface area contributed by atoms with E-state index in [0.29, 0.717) is 29.5 Å². The van der Waals surface area contributed by atoms with Gasteiger partial charge in [0.2, 0.25) is 0 Å². The van der Waals surface area contributed by atoms with Crippen LogP contribution in [-0.2, 0) is 13.2 Å². The minimum atomic E-state index is -0.646. The highest BCUT2D eigenvalue weighted by Gasteiger charge is 2.25. The Kier molecular flexibility index (Phi) is 4.67. The lowest BCUT2D eigenvalue weighted by atomic mass is 9.97. The van der Waals surface area contributed by atoms with Gasteiger partial charge in [0.05, 0.1) is 5.39 Å². The number of anilines is 1. The van der Waals surface area contributed by atoms with Gasteiger partial charge < -0.3 is 10.2 Å². The first-order chi connectivity index (χ1) is 12.5. The number of nitrogens with zero attached hydrogens (tertiary/aromatic N) is 3. The van der Waals surface area contributed by atoms with E-state index in [1.54, 1.807) is 23.5 Å². The maximum atomic E-state index is 12.7. The van der Waals surface area contributed by atoms with Crippen LogP contribution in [0.1, 0.15) is 43.7 Å². The first-order valence-electron chi connectivity index (χ1n) is 9.02. The highest BCUT2D eigenvalue weighted by atomic mass is 32.1. The second kappa shape index (κ2) is 6.96. The van der Waals surface area contributed by atoms with Crippen LogP contribution in [-0.4, -0.2) is 27.0 Å². The molecular weight excluding hydrogens is 351 g/mol. The quantitative estimate of drug-likeness (QED) is 0.713.